The Kier molecular flexibility index (Phi) is 5.26. The number of hydrogen-bond donors (Lipinski definition) is 0. The Morgan fingerprint density at radius 1 is 0.550 bits per heavy atom. The largest absolute Gasteiger partial charge is 0.455 e. The highest BCUT2D eigenvalue weighted by atomic mass is 32.2. The maximum absolute atomic E-state index is 13.3. The van der Waals surface area contributed by atoms with Gasteiger partial charge in [0.15, 0.2) is 0 Å². The van der Waals surface area contributed by atoms with E-state index in [2.05, 4.69) is 66.0 Å². The van der Waals surface area contributed by atoms with Crippen LogP contribution in [0.15, 0.2) is 130 Å². The Bertz CT molecular complexity index is 2100. The fraction of sp³-hybridized carbons (Fsp3) is 0. The van der Waals surface area contributed by atoms with Crippen molar-refractivity contribution >= 4 is 52.7 Å². The molecule has 0 bridgehead atoms. The Hall–Kier alpha value is -4.23. The first-order chi connectivity index (χ1) is 19.6. The lowest BCUT2D eigenvalue weighted by Crippen LogP contribution is -2.10. The van der Waals surface area contributed by atoms with Gasteiger partial charge in [-0.2, -0.15) is 0 Å². The Balaban J connectivity index is 1.39. The predicted molar refractivity (Wildman–Crippen MR) is 165 cm³/mol. The molecule has 2 aromatic heterocycles. The van der Waals surface area contributed by atoms with Crippen molar-refractivity contribution in [1.29, 1.82) is 0 Å². The summed E-state index contributed by atoms with van der Waals surface area (Å²) in [4.78, 5) is 1.47. The smallest absolute Gasteiger partial charge is 0.213 e. The summed E-state index contributed by atoms with van der Waals surface area (Å²) in [6.45, 7) is 0. The number of benzene rings is 5. The Morgan fingerprint density at radius 2 is 1.20 bits per heavy atom. The van der Waals surface area contributed by atoms with Crippen LogP contribution in [0.1, 0.15) is 0 Å². The zero-order valence-corrected chi connectivity index (χ0v) is 23.4. The minimum absolute atomic E-state index is 0.200. The fourth-order valence-electron chi connectivity index (χ4n) is 5.59. The highest BCUT2D eigenvalue weighted by molar-refractivity contribution is 7.91. The number of fused-ring (bicyclic) bond motifs is 4. The van der Waals surface area contributed by atoms with Gasteiger partial charge in [0.1, 0.15) is 21.3 Å². The monoisotopic (exact) mass is 572 g/mol. The van der Waals surface area contributed by atoms with E-state index in [0.717, 1.165) is 10.4 Å². The van der Waals surface area contributed by atoms with E-state index in [1.165, 1.54) is 42.4 Å². The van der Waals surface area contributed by atoms with Crippen LogP contribution in [-0.2, 0) is 9.84 Å². The van der Waals surface area contributed by atoms with Crippen molar-refractivity contribution in [2.45, 2.75) is 9.79 Å². The molecule has 0 spiro atoms. The molecule has 1 aliphatic heterocycles. The lowest BCUT2D eigenvalue weighted by molar-refractivity contribution is 0.443. The van der Waals surface area contributed by atoms with Gasteiger partial charge in [-0.1, -0.05) is 78.9 Å². The second-order valence-corrected chi connectivity index (χ2v) is 13.6. The molecule has 0 radical (unpaired) electrons. The first kappa shape index (κ1) is 23.6. The highest BCUT2D eigenvalue weighted by Crippen LogP contribution is 2.51. The lowest BCUT2D eigenvalue weighted by Gasteiger charge is -2.20. The molecule has 1 aliphatic rings. The van der Waals surface area contributed by atoms with Crippen molar-refractivity contribution in [3.63, 3.8) is 0 Å². The summed E-state index contributed by atoms with van der Waals surface area (Å²) < 4.78 is 35.2. The van der Waals surface area contributed by atoms with E-state index in [9.17, 15) is 8.42 Å². The van der Waals surface area contributed by atoms with Crippen molar-refractivity contribution in [2.75, 3.05) is 0 Å². The minimum Gasteiger partial charge on any atom is -0.455 e. The summed E-state index contributed by atoms with van der Waals surface area (Å²) in [6.07, 6.45) is 0. The van der Waals surface area contributed by atoms with Crippen molar-refractivity contribution in [1.82, 2.24) is 0 Å². The van der Waals surface area contributed by atoms with E-state index in [-0.39, 0.29) is 9.79 Å². The van der Waals surface area contributed by atoms with E-state index < -0.39 is 9.84 Å². The number of para-hydroxylation sites is 1. The summed E-state index contributed by atoms with van der Waals surface area (Å²) in [6, 6.07) is 37.8. The van der Waals surface area contributed by atoms with Crippen LogP contribution < -0.4 is 4.74 Å². The van der Waals surface area contributed by atoms with Gasteiger partial charge in [0, 0.05) is 36.2 Å². The van der Waals surface area contributed by atoms with E-state index >= 15 is 0 Å². The summed E-state index contributed by atoms with van der Waals surface area (Å²) in [5.41, 5.74) is 5.75. The molecule has 40 heavy (non-hydrogen) atoms. The predicted octanol–water partition coefficient (Wildman–Crippen LogP) is 10.1. The number of sulfone groups is 1. The van der Waals surface area contributed by atoms with Crippen LogP contribution in [0.3, 0.4) is 0 Å². The number of rotatable bonds is 3. The highest BCUT2D eigenvalue weighted by Gasteiger charge is 2.31. The normalized spacial score (nSPS) is 13.6. The quantitative estimate of drug-likeness (QED) is 0.212. The molecule has 0 amide bonds. The summed E-state index contributed by atoms with van der Waals surface area (Å²) in [5, 5.41) is 4.61. The first-order valence-corrected chi connectivity index (χ1v) is 16.0. The van der Waals surface area contributed by atoms with Crippen molar-refractivity contribution in [3.8, 4) is 44.2 Å². The maximum Gasteiger partial charge on any atom is 0.213 e. The molecule has 3 heterocycles. The maximum atomic E-state index is 13.3. The van der Waals surface area contributed by atoms with Crippen LogP contribution in [-0.4, -0.2) is 8.42 Å². The van der Waals surface area contributed by atoms with E-state index in [1.807, 2.05) is 24.3 Å². The Labute approximate surface area is 239 Å². The van der Waals surface area contributed by atoms with Crippen LogP contribution in [0.4, 0.5) is 0 Å². The molecule has 5 aromatic carbocycles. The van der Waals surface area contributed by atoms with Gasteiger partial charge >= 0.3 is 0 Å². The van der Waals surface area contributed by atoms with Crippen LogP contribution in [0, 0.1) is 0 Å². The van der Waals surface area contributed by atoms with Gasteiger partial charge in [-0.15, -0.1) is 22.7 Å². The van der Waals surface area contributed by atoms with Gasteiger partial charge in [0.05, 0.1) is 0 Å². The molecule has 3 nitrogen and oxygen atoms in total. The van der Waals surface area contributed by atoms with E-state index in [4.69, 9.17) is 4.74 Å². The molecule has 7 aromatic rings. The van der Waals surface area contributed by atoms with Gasteiger partial charge in [0.25, 0.3) is 0 Å². The van der Waals surface area contributed by atoms with Crippen molar-refractivity contribution < 1.29 is 13.2 Å². The SMILES string of the molecule is O=S1(=O)c2ccccc2Oc2cc(-c3cc4c(-c5ccccc5)c5sccc5c(-c5ccccc5)c4s3)ccc21. The van der Waals surface area contributed by atoms with Crippen LogP contribution >= 0.6 is 22.7 Å². The molecule has 192 valence electrons. The van der Waals surface area contributed by atoms with E-state index in [1.54, 1.807) is 53.0 Å². The molecule has 0 saturated heterocycles. The van der Waals surface area contributed by atoms with Crippen LogP contribution in [0.25, 0.3) is 52.9 Å². The van der Waals surface area contributed by atoms with Crippen LogP contribution in [0.2, 0.25) is 0 Å². The third kappa shape index (κ3) is 3.50. The molecule has 0 atom stereocenters. The zero-order valence-electron chi connectivity index (χ0n) is 21.0. The number of thiophene rings is 2. The standard InChI is InChI=1S/C34H20O3S3/c35-40(36)29-14-8-7-13-26(29)37-27-19-23(15-16-30(27)40)28-20-25-32(22-11-5-2-6-12-22)33-24(17-18-38-33)31(34(25)39-28)21-9-3-1-4-10-21/h1-20H. The molecule has 0 fully saturated rings. The molecule has 0 saturated carbocycles. The second-order valence-electron chi connectivity index (χ2n) is 9.71. The molecule has 0 aliphatic carbocycles. The average Bonchev–Trinajstić information content (AvgIpc) is 3.64. The third-order valence-electron chi connectivity index (χ3n) is 7.39. The number of hydrogen-bond acceptors (Lipinski definition) is 5. The summed E-state index contributed by atoms with van der Waals surface area (Å²) in [5.74, 6) is 0.725. The molecule has 0 N–H and O–H groups in total. The zero-order chi connectivity index (χ0) is 26.8. The molecule has 0 unspecified atom stereocenters. The molecular weight excluding hydrogens is 553 g/mol. The Morgan fingerprint density at radius 3 is 1.95 bits per heavy atom. The topological polar surface area (TPSA) is 43.4 Å². The van der Waals surface area contributed by atoms with Gasteiger partial charge in [-0.25, -0.2) is 8.42 Å². The van der Waals surface area contributed by atoms with Crippen LogP contribution in [0.5, 0.6) is 11.5 Å². The van der Waals surface area contributed by atoms with Gasteiger partial charge in [0.2, 0.25) is 9.84 Å². The summed E-state index contributed by atoms with van der Waals surface area (Å²) >= 11 is 3.50. The lowest BCUT2D eigenvalue weighted by atomic mass is 9.93. The third-order valence-corrected chi connectivity index (χ3v) is 11.4. The van der Waals surface area contributed by atoms with E-state index in [0.29, 0.717) is 11.5 Å². The second kappa shape index (κ2) is 8.89. The van der Waals surface area contributed by atoms with Crippen molar-refractivity contribution in [3.05, 3.63) is 121 Å². The summed E-state index contributed by atoms with van der Waals surface area (Å²) in [7, 11) is -3.65. The van der Waals surface area contributed by atoms with Gasteiger partial charge in [-0.05, 0) is 58.5 Å². The average molecular weight is 573 g/mol. The first-order valence-electron chi connectivity index (χ1n) is 12.8. The van der Waals surface area contributed by atoms with Crippen molar-refractivity contribution in [2.24, 2.45) is 0 Å². The molecular formula is C34H20O3S3. The van der Waals surface area contributed by atoms with Gasteiger partial charge < -0.3 is 4.74 Å². The molecule has 6 heteroatoms. The minimum atomic E-state index is -3.65. The number of ether oxygens (including phenoxy) is 1. The van der Waals surface area contributed by atoms with Gasteiger partial charge in [-0.3, -0.25) is 0 Å². The molecule has 8 rings (SSSR count). The fourth-order valence-corrected chi connectivity index (χ4v) is 9.30.